The summed E-state index contributed by atoms with van der Waals surface area (Å²) in [6.07, 6.45) is 0. The Morgan fingerprint density at radius 1 is 1.45 bits per heavy atom. The molecule has 0 bridgehead atoms. The molecule has 2 rings (SSSR count). The number of nitrogens with zero attached hydrogens (tertiary/aromatic N) is 2. The maximum absolute atomic E-state index is 12.1. The van der Waals surface area contributed by atoms with Crippen molar-refractivity contribution in [2.75, 3.05) is 0 Å². The van der Waals surface area contributed by atoms with Crippen molar-refractivity contribution in [3.8, 4) is 0 Å². The van der Waals surface area contributed by atoms with Crippen LogP contribution >= 0.6 is 11.3 Å². The Kier molecular flexibility index (Phi) is 4.20. The van der Waals surface area contributed by atoms with Crippen LogP contribution in [0.1, 0.15) is 15.5 Å². The van der Waals surface area contributed by atoms with Crippen LogP contribution in [-0.2, 0) is 16.6 Å². The average molecular weight is 312 g/mol. The van der Waals surface area contributed by atoms with Crippen molar-refractivity contribution in [1.82, 2.24) is 4.98 Å². The Hall–Kier alpha value is -2.13. The third-order valence-electron chi connectivity index (χ3n) is 2.32. The quantitative estimate of drug-likeness (QED) is 0.668. The third-order valence-corrected chi connectivity index (χ3v) is 4.59. The minimum absolute atomic E-state index is 0.0609. The highest BCUT2D eigenvalue weighted by Crippen LogP contribution is 2.23. The summed E-state index contributed by atoms with van der Waals surface area (Å²) in [6.45, 7) is 0. The van der Waals surface area contributed by atoms with Crippen LogP contribution in [-0.4, -0.2) is 25.2 Å². The largest absolute Gasteiger partial charge is 0.476 e. The van der Waals surface area contributed by atoms with Crippen molar-refractivity contribution in [2.24, 2.45) is 0 Å². The highest BCUT2D eigenvalue weighted by molar-refractivity contribution is 7.84. The summed E-state index contributed by atoms with van der Waals surface area (Å²) in [4.78, 5) is 24.9. The van der Waals surface area contributed by atoms with Crippen molar-refractivity contribution in [3.63, 3.8) is 0 Å². The lowest BCUT2D eigenvalue weighted by Crippen LogP contribution is -2.02. The average Bonchev–Trinajstić information content (AvgIpc) is 2.87. The number of hydrogen-bond acceptors (Lipinski definition) is 6. The normalized spacial score (nSPS) is 12.0. The van der Waals surface area contributed by atoms with E-state index in [1.807, 2.05) is 0 Å². The van der Waals surface area contributed by atoms with Gasteiger partial charge in [-0.2, -0.15) is 0 Å². The van der Waals surface area contributed by atoms with Crippen LogP contribution in [0.4, 0.5) is 5.69 Å². The number of carbonyl (C=O) groups is 1. The van der Waals surface area contributed by atoms with Crippen LogP contribution in [0.25, 0.3) is 0 Å². The molecule has 0 radical (unpaired) electrons. The molecule has 1 atom stereocenters. The van der Waals surface area contributed by atoms with E-state index in [4.69, 9.17) is 5.11 Å². The van der Waals surface area contributed by atoms with Gasteiger partial charge in [-0.25, -0.2) is 9.78 Å². The number of rotatable bonds is 5. The molecule has 104 valence electrons. The van der Waals surface area contributed by atoms with Gasteiger partial charge in [0, 0.05) is 11.4 Å². The molecule has 1 N–H and O–H groups in total. The van der Waals surface area contributed by atoms with E-state index in [-0.39, 0.29) is 21.3 Å². The number of para-hydroxylation sites is 1. The fourth-order valence-corrected chi connectivity index (χ4v) is 3.42. The second-order valence-corrected chi connectivity index (χ2v) is 5.94. The van der Waals surface area contributed by atoms with Crippen molar-refractivity contribution in [1.29, 1.82) is 0 Å². The Morgan fingerprint density at radius 3 is 2.75 bits per heavy atom. The van der Waals surface area contributed by atoms with Crippen LogP contribution in [0.3, 0.4) is 0 Å². The van der Waals surface area contributed by atoms with Gasteiger partial charge in [0.1, 0.15) is 4.90 Å². The van der Waals surface area contributed by atoms with Gasteiger partial charge in [-0.05, 0) is 6.07 Å². The number of hydrogen-bond donors (Lipinski definition) is 1. The molecule has 2 aromatic rings. The van der Waals surface area contributed by atoms with Crippen molar-refractivity contribution in [2.45, 2.75) is 10.6 Å². The van der Waals surface area contributed by atoms with Crippen molar-refractivity contribution >= 4 is 33.8 Å². The molecule has 7 nitrogen and oxygen atoms in total. The summed E-state index contributed by atoms with van der Waals surface area (Å²) in [7, 11) is -1.66. The minimum atomic E-state index is -1.66. The molecule has 9 heteroatoms. The van der Waals surface area contributed by atoms with Gasteiger partial charge in [-0.3, -0.25) is 14.3 Å². The molecule has 1 aromatic carbocycles. The monoisotopic (exact) mass is 312 g/mol. The van der Waals surface area contributed by atoms with Gasteiger partial charge >= 0.3 is 5.97 Å². The van der Waals surface area contributed by atoms with E-state index in [1.54, 1.807) is 6.07 Å². The lowest BCUT2D eigenvalue weighted by Gasteiger charge is -2.01. The molecule has 0 spiro atoms. The van der Waals surface area contributed by atoms with Crippen LogP contribution in [0.2, 0.25) is 0 Å². The summed E-state index contributed by atoms with van der Waals surface area (Å²) >= 11 is 0.926. The number of benzene rings is 1. The van der Waals surface area contributed by atoms with Crippen LogP contribution in [0.15, 0.2) is 34.5 Å². The van der Waals surface area contributed by atoms with Crippen LogP contribution in [0.5, 0.6) is 0 Å². The number of thiazole rings is 1. The first-order valence-corrected chi connectivity index (χ1v) is 7.48. The van der Waals surface area contributed by atoms with Gasteiger partial charge in [0.05, 0.1) is 27.2 Å². The highest BCUT2D eigenvalue weighted by atomic mass is 32.2. The SMILES string of the molecule is O=C(O)c1nc(CS(=O)c2ccccc2[N+](=O)[O-])cs1. The molecule has 1 heterocycles. The number of nitro benzene ring substituents is 1. The van der Waals surface area contributed by atoms with E-state index in [2.05, 4.69) is 4.98 Å². The first-order chi connectivity index (χ1) is 9.49. The van der Waals surface area contributed by atoms with E-state index in [1.165, 1.54) is 23.6 Å². The molecule has 20 heavy (non-hydrogen) atoms. The molecule has 0 amide bonds. The topological polar surface area (TPSA) is 110 Å². The summed E-state index contributed by atoms with van der Waals surface area (Å²) in [5.41, 5.74) is 0.114. The van der Waals surface area contributed by atoms with E-state index in [0.717, 1.165) is 11.3 Å². The fraction of sp³-hybridized carbons (Fsp3) is 0.0909. The molecule has 1 aromatic heterocycles. The first kappa shape index (κ1) is 14.3. The van der Waals surface area contributed by atoms with Crippen molar-refractivity contribution in [3.05, 3.63) is 50.5 Å². The second kappa shape index (κ2) is 5.88. The summed E-state index contributed by atoms with van der Waals surface area (Å²) in [6, 6.07) is 5.74. The molecule has 0 fully saturated rings. The van der Waals surface area contributed by atoms with Crippen LogP contribution < -0.4 is 0 Å². The molecule has 0 aliphatic carbocycles. The zero-order valence-corrected chi connectivity index (χ0v) is 11.5. The number of aromatic nitrogens is 1. The Balaban J connectivity index is 2.24. The maximum Gasteiger partial charge on any atom is 0.365 e. The number of aromatic carboxylic acids is 1. The summed E-state index contributed by atoms with van der Waals surface area (Å²) < 4.78 is 12.1. The second-order valence-electron chi connectivity index (χ2n) is 3.66. The van der Waals surface area contributed by atoms with Gasteiger partial charge in [-0.1, -0.05) is 12.1 Å². The first-order valence-electron chi connectivity index (χ1n) is 5.28. The molecular weight excluding hydrogens is 304 g/mol. The number of carboxylic acids is 1. The molecule has 1 unspecified atom stereocenters. The van der Waals surface area contributed by atoms with E-state index in [9.17, 15) is 19.1 Å². The summed E-state index contributed by atoms with van der Waals surface area (Å²) in [5.74, 6) is -1.22. The Labute approximate surface area is 119 Å². The van der Waals surface area contributed by atoms with E-state index in [0.29, 0.717) is 5.69 Å². The molecule has 0 saturated carbocycles. The highest BCUT2D eigenvalue weighted by Gasteiger charge is 2.19. The molecule has 0 saturated heterocycles. The van der Waals surface area contributed by atoms with Crippen molar-refractivity contribution < 1.29 is 19.0 Å². The number of carboxylic acid groups (broad SMARTS) is 1. The van der Waals surface area contributed by atoms with Gasteiger partial charge in [0.25, 0.3) is 5.69 Å². The van der Waals surface area contributed by atoms with Gasteiger partial charge < -0.3 is 5.11 Å². The Bertz CT molecular complexity index is 698. The number of nitro groups is 1. The predicted octanol–water partition coefficient (Wildman–Crippen LogP) is 2.06. The molecule has 0 aliphatic heterocycles. The van der Waals surface area contributed by atoms with Crippen LogP contribution in [0, 0.1) is 10.1 Å². The van der Waals surface area contributed by atoms with Gasteiger partial charge in [0.15, 0.2) is 0 Å². The van der Waals surface area contributed by atoms with E-state index < -0.39 is 21.7 Å². The zero-order valence-electron chi connectivity index (χ0n) is 9.88. The smallest absolute Gasteiger partial charge is 0.365 e. The zero-order chi connectivity index (χ0) is 14.7. The third kappa shape index (κ3) is 3.06. The lowest BCUT2D eigenvalue weighted by molar-refractivity contribution is -0.387. The Morgan fingerprint density at radius 2 is 2.15 bits per heavy atom. The molecule has 0 aliphatic rings. The standard InChI is InChI=1S/C11H8N2O5S2/c14-11(15)10-12-7(5-19-10)6-20(18)9-4-2-1-3-8(9)13(16)17/h1-5H,6H2,(H,14,15). The summed E-state index contributed by atoms with van der Waals surface area (Å²) in [5, 5.41) is 21.0. The molecular formula is C11H8N2O5S2. The van der Waals surface area contributed by atoms with E-state index >= 15 is 0 Å². The maximum atomic E-state index is 12.1. The fourth-order valence-electron chi connectivity index (χ4n) is 1.48. The van der Waals surface area contributed by atoms with Gasteiger partial charge in [0.2, 0.25) is 5.01 Å². The minimum Gasteiger partial charge on any atom is -0.476 e. The predicted molar refractivity (Wildman–Crippen MR) is 72.3 cm³/mol. The van der Waals surface area contributed by atoms with Gasteiger partial charge in [-0.15, -0.1) is 11.3 Å². The lowest BCUT2D eigenvalue weighted by atomic mass is 10.3.